The summed E-state index contributed by atoms with van der Waals surface area (Å²) >= 11 is 0. The molecule has 1 saturated heterocycles. The number of nitrogen functional groups attached to an aromatic ring is 1. The zero-order valence-electron chi connectivity index (χ0n) is 26.8. The van der Waals surface area contributed by atoms with E-state index in [9.17, 15) is 52.8 Å². The number of phosphoric acid groups is 3. The van der Waals surface area contributed by atoms with Crippen LogP contribution in [0.4, 0.5) is 5.82 Å². The molecule has 1 aliphatic heterocycles. The second-order valence-corrected chi connectivity index (χ2v) is 13.7. The molecule has 3 aromatic rings. The summed E-state index contributed by atoms with van der Waals surface area (Å²) in [5, 5.41) is 10.7. The van der Waals surface area contributed by atoms with Gasteiger partial charge >= 0.3 is 21.9 Å². The maximum atomic E-state index is 12.5. The van der Waals surface area contributed by atoms with Crippen LogP contribution in [-0.2, 0) is 50.6 Å². The predicted molar refractivity (Wildman–Crippen MR) is 165 cm³/mol. The fraction of sp³-hybridized carbons (Fsp3) is 0.381. The van der Waals surface area contributed by atoms with Crippen LogP contribution in [0.2, 0.25) is 0 Å². The number of nitrogens with zero attached hydrogens (tertiary/aromatic N) is 5. The van der Waals surface area contributed by atoms with Crippen LogP contribution in [0.3, 0.4) is 0 Å². The summed E-state index contributed by atoms with van der Waals surface area (Å²) in [7, 11) is -16.7. The summed E-state index contributed by atoms with van der Waals surface area (Å²) in [4.78, 5) is 87.1. The Morgan fingerprint density at radius 3 is 2.41 bits per heavy atom. The number of anilines is 1. The van der Waals surface area contributed by atoms with Crippen molar-refractivity contribution < 1.29 is 84.7 Å². The Balaban J connectivity index is 0.00000433. The van der Waals surface area contributed by atoms with Crippen molar-refractivity contribution in [2.45, 2.75) is 36.9 Å². The summed E-state index contributed by atoms with van der Waals surface area (Å²) in [6.07, 6.45) is -5.78. The number of carbonyl (C=O) groups excluding carboxylic acids is 3. The van der Waals surface area contributed by atoms with Gasteiger partial charge < -0.3 is 54.9 Å². The molecule has 8 N–H and O–H groups in total. The molecule has 8 atom stereocenters. The topological polar surface area (TPSA) is 361 Å². The van der Waals surface area contributed by atoms with E-state index in [-0.39, 0.29) is 124 Å². The van der Waals surface area contributed by atoms with Gasteiger partial charge in [0.25, 0.3) is 13.7 Å². The Morgan fingerprint density at radius 2 is 1.80 bits per heavy atom. The van der Waals surface area contributed by atoms with Crippen LogP contribution in [0.15, 0.2) is 37.2 Å². The third-order valence-corrected chi connectivity index (χ3v) is 9.30. The molecule has 0 aliphatic carbocycles. The molecular weight excluding hydrogens is 784 g/mol. The number of aldehydes is 2. The van der Waals surface area contributed by atoms with Gasteiger partial charge in [-0.2, -0.15) is 4.57 Å². The largest absolute Gasteiger partial charge is 0.756 e. The molecule has 3 radical (unpaired) electrons. The minimum atomic E-state index is -5.78. The molecule has 51 heavy (non-hydrogen) atoms. The number of hydrogen-bond donors (Lipinski definition) is 6. The van der Waals surface area contributed by atoms with E-state index in [2.05, 4.69) is 32.8 Å². The van der Waals surface area contributed by atoms with Gasteiger partial charge in [0.05, 0.1) is 19.5 Å². The van der Waals surface area contributed by atoms with Crippen LogP contribution in [0.1, 0.15) is 22.8 Å². The molecule has 3 aromatic heterocycles. The van der Waals surface area contributed by atoms with Crippen molar-refractivity contribution in [2.24, 2.45) is 5.73 Å². The number of pyridine rings is 1. The first-order valence-corrected chi connectivity index (χ1v) is 17.4. The molecule has 0 spiro atoms. The number of amides is 1. The number of hydrogen-bond acceptors (Lipinski definition) is 18. The summed E-state index contributed by atoms with van der Waals surface area (Å²) in [6.45, 7) is -2.29. The van der Waals surface area contributed by atoms with Gasteiger partial charge in [0.1, 0.15) is 41.8 Å². The first kappa shape index (κ1) is 48.6. The van der Waals surface area contributed by atoms with Gasteiger partial charge in [-0.25, -0.2) is 28.4 Å². The number of phosphoric ester groups is 3. The SMILES string of the molecule is NC(=O)c1ccc[n+](C(C=O)OC(C=O)COP(=O)([O-])OP(=O)(O)OC[C@H]2O[C@@H](n3cnc4c(N)ncnc43)[C@H](OP(=O)(O)O)[C@@H]2O)c1.[Na].[Na].[Na]. The third kappa shape index (κ3) is 13.4. The summed E-state index contributed by atoms with van der Waals surface area (Å²) in [5.74, 6) is -0.921. The Labute approximate surface area is 352 Å². The number of fused-ring (bicyclic) bond motifs is 1. The molecule has 1 fully saturated rings. The minimum absolute atomic E-state index is 0. The molecule has 0 bridgehead atoms. The first-order chi connectivity index (χ1) is 22.4. The van der Waals surface area contributed by atoms with E-state index in [4.69, 9.17) is 20.9 Å². The van der Waals surface area contributed by atoms with Crippen molar-refractivity contribution in [3.8, 4) is 0 Å². The van der Waals surface area contributed by atoms with E-state index in [1.54, 1.807) is 0 Å². The molecule has 24 nitrogen and oxygen atoms in total. The third-order valence-electron chi connectivity index (χ3n) is 6.22. The summed E-state index contributed by atoms with van der Waals surface area (Å²) in [6, 6.07) is 2.65. The number of carbonyl (C=O) groups is 3. The average molecular weight is 810 g/mol. The molecule has 30 heteroatoms. The predicted octanol–water partition coefficient (Wildman–Crippen LogP) is -4.01. The second kappa shape index (κ2) is 20.5. The van der Waals surface area contributed by atoms with Crippen molar-refractivity contribution in [1.29, 1.82) is 0 Å². The van der Waals surface area contributed by atoms with Gasteiger partial charge in [-0.3, -0.25) is 27.8 Å². The molecule has 1 aliphatic rings. The molecule has 1 amide bonds. The number of ether oxygens (including phenoxy) is 2. The van der Waals surface area contributed by atoms with Crippen molar-refractivity contribution in [1.82, 2.24) is 19.5 Å². The van der Waals surface area contributed by atoms with Gasteiger partial charge in [0, 0.05) is 94.7 Å². The van der Waals surface area contributed by atoms with Crippen molar-refractivity contribution in [3.05, 3.63) is 42.7 Å². The number of imidazole rings is 1. The molecular formula is C21H26N7Na3O17P3. The van der Waals surface area contributed by atoms with Crippen molar-refractivity contribution >= 4 is 148 Å². The van der Waals surface area contributed by atoms with Crippen LogP contribution in [-0.4, -0.2) is 184 Å². The molecule has 4 heterocycles. The van der Waals surface area contributed by atoms with E-state index >= 15 is 0 Å². The summed E-state index contributed by atoms with van der Waals surface area (Å²) in [5.41, 5.74) is 10.9. The number of aromatic nitrogens is 5. The molecule has 4 rings (SSSR count). The van der Waals surface area contributed by atoms with Gasteiger partial charge in [-0.05, 0) is 6.07 Å². The first-order valence-electron chi connectivity index (χ1n) is 12.9. The van der Waals surface area contributed by atoms with Crippen molar-refractivity contribution in [3.63, 3.8) is 0 Å². The second-order valence-electron chi connectivity index (χ2n) is 9.53. The Kier molecular flexibility index (Phi) is 19.5. The fourth-order valence-electron chi connectivity index (χ4n) is 4.17. The standard InChI is InChI=1S/C21H26N7O17P3.3Na/c22-18-15-20(25-9-24-18)28(10-26-15)21-17(44-46(33,34)35)16(31)13(43-21)8-41-48(38,39)45-47(36,37)40-7-12(5-29)42-14(6-30)27-3-1-2-11(4-27)19(23)32;;;/h1-6,9-10,12-14,16-17,21,31H,7-8H2,(H7-,22,23,24,25,32,33,34,35,36,37,38,39);;;/t12?,13-,14?,16-,17-,21-;;;/m1.../s1. The molecule has 4 unspecified atom stereocenters. The van der Waals surface area contributed by atoms with E-state index in [0.29, 0.717) is 0 Å². The summed E-state index contributed by atoms with van der Waals surface area (Å²) < 4.78 is 67.0. The molecule has 0 saturated carbocycles. The minimum Gasteiger partial charge on any atom is -0.756 e. The van der Waals surface area contributed by atoms with Crippen LogP contribution in [0, 0.1) is 0 Å². The van der Waals surface area contributed by atoms with E-state index in [1.165, 1.54) is 18.3 Å². The number of primary amides is 1. The zero-order chi connectivity index (χ0) is 35.4. The van der Waals surface area contributed by atoms with Gasteiger partial charge in [0.15, 0.2) is 36.4 Å². The zero-order valence-corrected chi connectivity index (χ0v) is 35.5. The number of rotatable bonds is 17. The average Bonchev–Trinajstić information content (AvgIpc) is 3.56. The Bertz CT molecular complexity index is 1820. The number of nitrogens with two attached hydrogens (primary N) is 2. The van der Waals surface area contributed by atoms with Gasteiger partial charge in [-0.1, -0.05) is 0 Å². The van der Waals surface area contributed by atoms with Gasteiger partial charge in [0.2, 0.25) is 6.29 Å². The van der Waals surface area contributed by atoms with Crippen LogP contribution in [0.5, 0.6) is 0 Å². The fourth-order valence-corrected chi connectivity index (χ4v) is 6.77. The van der Waals surface area contributed by atoms with Crippen LogP contribution < -0.4 is 20.9 Å². The van der Waals surface area contributed by atoms with Crippen LogP contribution >= 0.6 is 23.5 Å². The normalized spacial score (nSPS) is 22.2. The van der Waals surface area contributed by atoms with E-state index in [1.807, 2.05) is 0 Å². The maximum absolute atomic E-state index is 12.5. The molecule has 0 aromatic carbocycles. The number of aliphatic hydroxyl groups excluding tert-OH is 1. The molecule has 265 valence electrons. The van der Waals surface area contributed by atoms with Crippen molar-refractivity contribution in [2.75, 3.05) is 18.9 Å². The van der Waals surface area contributed by atoms with Gasteiger partial charge in [-0.15, -0.1) is 0 Å². The Hall–Kier alpha value is -0.440. The number of aliphatic hydroxyl groups is 1. The van der Waals surface area contributed by atoms with E-state index in [0.717, 1.165) is 28.0 Å². The Morgan fingerprint density at radius 1 is 1.12 bits per heavy atom. The monoisotopic (exact) mass is 810 g/mol. The smallest absolute Gasteiger partial charge is 0.478 e. The van der Waals surface area contributed by atoms with E-state index < -0.39 is 79.5 Å². The maximum Gasteiger partial charge on any atom is 0.478 e. The quantitative estimate of drug-likeness (QED) is 0.0327. The van der Waals surface area contributed by atoms with Crippen LogP contribution in [0.25, 0.3) is 11.2 Å².